The van der Waals surface area contributed by atoms with Crippen LogP contribution >= 0.6 is 0 Å². The number of benzene rings is 1. The zero-order chi connectivity index (χ0) is 13.2. The lowest BCUT2D eigenvalue weighted by molar-refractivity contribution is 0.414. The van der Waals surface area contributed by atoms with E-state index >= 15 is 0 Å². The molecular formula is C12H19N3O2S. The Morgan fingerprint density at radius 3 is 2.67 bits per heavy atom. The van der Waals surface area contributed by atoms with Crippen molar-refractivity contribution in [3.63, 3.8) is 0 Å². The highest BCUT2D eigenvalue weighted by molar-refractivity contribution is 7.92. The second-order valence-corrected chi connectivity index (χ2v) is 6.60. The van der Waals surface area contributed by atoms with Crippen LogP contribution in [-0.2, 0) is 10.0 Å². The molecule has 1 aliphatic heterocycles. The first-order chi connectivity index (χ1) is 8.42. The van der Waals surface area contributed by atoms with Crippen molar-refractivity contribution in [2.24, 2.45) is 0 Å². The first kappa shape index (κ1) is 13.2. The van der Waals surface area contributed by atoms with Crippen molar-refractivity contribution in [3.05, 3.63) is 24.3 Å². The van der Waals surface area contributed by atoms with Crippen LogP contribution in [0.2, 0.25) is 0 Å². The van der Waals surface area contributed by atoms with E-state index in [4.69, 9.17) is 0 Å². The van der Waals surface area contributed by atoms with Gasteiger partial charge in [0.2, 0.25) is 10.0 Å². The average Bonchev–Trinajstić information content (AvgIpc) is 2.62. The Balaban J connectivity index is 2.03. The summed E-state index contributed by atoms with van der Waals surface area (Å²) in [5, 5.41) is 3.42. The van der Waals surface area contributed by atoms with Crippen molar-refractivity contribution >= 4 is 21.4 Å². The van der Waals surface area contributed by atoms with Gasteiger partial charge in [0.1, 0.15) is 0 Å². The molecule has 1 aromatic carbocycles. The lowest BCUT2D eigenvalue weighted by Crippen LogP contribution is -2.23. The summed E-state index contributed by atoms with van der Waals surface area (Å²) in [6.45, 7) is 2.11. The number of nitrogens with one attached hydrogen (secondary N) is 2. The molecule has 2 N–H and O–H groups in total. The van der Waals surface area contributed by atoms with Gasteiger partial charge in [0.05, 0.1) is 11.9 Å². The predicted molar refractivity (Wildman–Crippen MR) is 74.4 cm³/mol. The Bertz CT molecular complexity index is 516. The standard InChI is InChI=1S/C12H19N3O2S/c1-15-7-6-12(9-15)13-10-4-3-5-11(8-10)14-18(2,16)17/h3-5,8,12-14H,6-7,9H2,1-2H3. The molecule has 18 heavy (non-hydrogen) atoms. The molecule has 0 bridgehead atoms. The number of rotatable bonds is 4. The van der Waals surface area contributed by atoms with Crippen LogP contribution in [0.15, 0.2) is 24.3 Å². The molecule has 100 valence electrons. The molecule has 0 radical (unpaired) electrons. The Morgan fingerprint density at radius 2 is 2.06 bits per heavy atom. The Morgan fingerprint density at radius 1 is 1.33 bits per heavy atom. The van der Waals surface area contributed by atoms with Crippen molar-refractivity contribution < 1.29 is 8.42 Å². The predicted octanol–water partition coefficient (Wildman–Crippen LogP) is 1.17. The van der Waals surface area contributed by atoms with E-state index in [1.54, 1.807) is 6.07 Å². The van der Waals surface area contributed by atoms with E-state index in [1.807, 2.05) is 18.2 Å². The highest BCUT2D eigenvalue weighted by Gasteiger charge is 2.18. The van der Waals surface area contributed by atoms with Crippen LogP contribution in [0.1, 0.15) is 6.42 Å². The van der Waals surface area contributed by atoms with E-state index in [-0.39, 0.29) is 0 Å². The molecule has 5 nitrogen and oxygen atoms in total. The molecule has 0 aliphatic carbocycles. The Hall–Kier alpha value is -1.27. The lowest BCUT2D eigenvalue weighted by Gasteiger charge is -2.15. The first-order valence-corrected chi connectivity index (χ1v) is 7.84. The van der Waals surface area contributed by atoms with Crippen LogP contribution in [0, 0.1) is 0 Å². The molecule has 0 spiro atoms. The van der Waals surface area contributed by atoms with E-state index in [0.29, 0.717) is 11.7 Å². The maximum absolute atomic E-state index is 11.2. The van der Waals surface area contributed by atoms with Gasteiger partial charge in [0.15, 0.2) is 0 Å². The smallest absolute Gasteiger partial charge is 0.229 e. The summed E-state index contributed by atoms with van der Waals surface area (Å²) in [5.41, 5.74) is 1.54. The van der Waals surface area contributed by atoms with E-state index in [1.165, 1.54) is 0 Å². The van der Waals surface area contributed by atoms with Crippen molar-refractivity contribution in [1.29, 1.82) is 0 Å². The Kier molecular flexibility index (Phi) is 3.77. The number of hydrogen-bond donors (Lipinski definition) is 2. The minimum atomic E-state index is -3.22. The zero-order valence-corrected chi connectivity index (χ0v) is 11.5. The number of likely N-dealkylation sites (N-methyl/N-ethyl adjacent to an activating group) is 1. The molecule has 1 aliphatic rings. The molecule has 2 rings (SSSR count). The van der Waals surface area contributed by atoms with Crippen molar-refractivity contribution in [1.82, 2.24) is 4.90 Å². The van der Waals surface area contributed by atoms with Gasteiger partial charge in [0.25, 0.3) is 0 Å². The zero-order valence-electron chi connectivity index (χ0n) is 10.7. The third-order valence-corrected chi connectivity index (χ3v) is 3.53. The fourth-order valence-electron chi connectivity index (χ4n) is 2.18. The largest absolute Gasteiger partial charge is 0.381 e. The summed E-state index contributed by atoms with van der Waals surface area (Å²) in [5.74, 6) is 0. The number of anilines is 2. The molecule has 1 heterocycles. The molecule has 0 saturated carbocycles. The SMILES string of the molecule is CN1CCC(Nc2cccc(NS(C)(=O)=O)c2)C1. The van der Waals surface area contributed by atoms with E-state index in [9.17, 15) is 8.42 Å². The fraction of sp³-hybridized carbons (Fsp3) is 0.500. The molecule has 0 aromatic heterocycles. The van der Waals surface area contributed by atoms with E-state index in [0.717, 1.165) is 31.5 Å². The number of sulfonamides is 1. The summed E-state index contributed by atoms with van der Waals surface area (Å²) < 4.78 is 24.8. The van der Waals surface area contributed by atoms with Crippen LogP contribution in [0.25, 0.3) is 0 Å². The molecule has 0 amide bonds. The van der Waals surface area contributed by atoms with Crippen LogP contribution in [0.4, 0.5) is 11.4 Å². The highest BCUT2D eigenvalue weighted by atomic mass is 32.2. The third-order valence-electron chi connectivity index (χ3n) is 2.93. The fourth-order valence-corrected chi connectivity index (χ4v) is 2.73. The summed E-state index contributed by atoms with van der Waals surface area (Å²) in [7, 11) is -1.12. The van der Waals surface area contributed by atoms with Gasteiger partial charge in [-0.15, -0.1) is 0 Å². The van der Waals surface area contributed by atoms with Gasteiger partial charge in [0, 0.05) is 18.3 Å². The molecule has 1 unspecified atom stereocenters. The molecule has 1 atom stereocenters. The molecular weight excluding hydrogens is 250 g/mol. The lowest BCUT2D eigenvalue weighted by atomic mass is 10.2. The maximum Gasteiger partial charge on any atom is 0.229 e. The molecule has 1 aromatic rings. The molecule has 6 heteroatoms. The topological polar surface area (TPSA) is 61.4 Å². The summed E-state index contributed by atoms with van der Waals surface area (Å²) in [6, 6.07) is 7.79. The van der Waals surface area contributed by atoms with Gasteiger partial charge in [-0.3, -0.25) is 4.72 Å². The normalized spacial score (nSPS) is 20.9. The minimum absolute atomic E-state index is 0.434. The second-order valence-electron chi connectivity index (χ2n) is 4.85. The van der Waals surface area contributed by atoms with Gasteiger partial charge in [-0.25, -0.2) is 8.42 Å². The third kappa shape index (κ3) is 3.89. The van der Waals surface area contributed by atoms with Crippen molar-refractivity contribution in [2.45, 2.75) is 12.5 Å². The molecule has 1 fully saturated rings. The van der Waals surface area contributed by atoms with Crippen LogP contribution in [0.5, 0.6) is 0 Å². The number of nitrogens with zero attached hydrogens (tertiary/aromatic N) is 1. The quantitative estimate of drug-likeness (QED) is 0.861. The van der Waals surface area contributed by atoms with Crippen molar-refractivity contribution in [2.75, 3.05) is 36.4 Å². The van der Waals surface area contributed by atoms with Gasteiger partial charge < -0.3 is 10.2 Å². The highest BCUT2D eigenvalue weighted by Crippen LogP contribution is 2.19. The van der Waals surface area contributed by atoms with Gasteiger partial charge in [-0.2, -0.15) is 0 Å². The van der Waals surface area contributed by atoms with Gasteiger partial charge in [-0.1, -0.05) is 6.07 Å². The molecule has 1 saturated heterocycles. The number of hydrogen-bond acceptors (Lipinski definition) is 4. The summed E-state index contributed by atoms with van der Waals surface area (Å²) in [6.07, 6.45) is 2.26. The summed E-state index contributed by atoms with van der Waals surface area (Å²) >= 11 is 0. The monoisotopic (exact) mass is 269 g/mol. The summed E-state index contributed by atoms with van der Waals surface area (Å²) in [4.78, 5) is 2.27. The first-order valence-electron chi connectivity index (χ1n) is 5.95. The van der Waals surface area contributed by atoms with Crippen molar-refractivity contribution in [3.8, 4) is 0 Å². The second kappa shape index (κ2) is 5.16. The average molecular weight is 269 g/mol. The van der Waals surface area contributed by atoms with Crippen LogP contribution in [-0.4, -0.2) is 45.8 Å². The maximum atomic E-state index is 11.2. The van der Waals surface area contributed by atoms with Crippen LogP contribution in [0.3, 0.4) is 0 Å². The van der Waals surface area contributed by atoms with Crippen LogP contribution < -0.4 is 10.0 Å². The number of likely N-dealkylation sites (tertiary alicyclic amines) is 1. The van der Waals surface area contributed by atoms with E-state index in [2.05, 4.69) is 22.0 Å². The van der Waals surface area contributed by atoms with E-state index < -0.39 is 10.0 Å². The van der Waals surface area contributed by atoms with Gasteiger partial charge >= 0.3 is 0 Å². The van der Waals surface area contributed by atoms with Gasteiger partial charge in [-0.05, 0) is 38.2 Å². The minimum Gasteiger partial charge on any atom is -0.381 e. The Labute approximate surface area is 108 Å².